The molecule has 1 aromatic rings. The molecule has 2 nitrogen and oxygen atoms in total. The van der Waals surface area contributed by atoms with E-state index in [0.29, 0.717) is 12.8 Å². The zero-order chi connectivity index (χ0) is 13.3. The van der Waals surface area contributed by atoms with Crippen LogP contribution in [-0.2, 0) is 0 Å². The Morgan fingerprint density at radius 3 is 2.11 bits per heavy atom. The number of anilines is 1. The molecule has 2 atom stereocenters. The second kappa shape index (κ2) is 5.14. The van der Waals surface area contributed by atoms with E-state index in [4.69, 9.17) is 0 Å². The van der Waals surface area contributed by atoms with E-state index in [1.54, 1.807) is 0 Å². The number of aliphatic hydroxyl groups excluding tert-OH is 1. The molecule has 0 radical (unpaired) electrons. The third-order valence-electron chi connectivity index (χ3n) is 3.17. The van der Waals surface area contributed by atoms with Gasteiger partial charge in [-0.2, -0.15) is 0 Å². The lowest BCUT2D eigenvalue weighted by Gasteiger charge is -2.29. The lowest BCUT2D eigenvalue weighted by molar-refractivity contribution is 0.116. The van der Waals surface area contributed by atoms with Crippen molar-refractivity contribution in [3.05, 3.63) is 29.3 Å². The fourth-order valence-electron chi connectivity index (χ4n) is 2.16. The van der Waals surface area contributed by atoms with E-state index in [1.807, 2.05) is 0 Å². The molecule has 0 heterocycles. The van der Waals surface area contributed by atoms with Gasteiger partial charge in [0.2, 0.25) is 0 Å². The predicted octanol–water partition coefficient (Wildman–Crippen LogP) is 2.96. The highest BCUT2D eigenvalue weighted by atomic mass is 19.2. The Hall–Kier alpha value is -1.30. The van der Waals surface area contributed by atoms with Crippen LogP contribution in [0.4, 0.5) is 23.2 Å². The first-order valence-corrected chi connectivity index (χ1v) is 5.78. The molecule has 0 bridgehead atoms. The minimum absolute atomic E-state index is 0.160. The maximum Gasteiger partial charge on any atom is 0.185 e. The number of nitrogens with one attached hydrogen (secondary N) is 1. The Morgan fingerprint density at radius 1 is 1.00 bits per heavy atom. The lowest BCUT2D eigenvalue weighted by atomic mass is 9.92. The molecule has 6 heteroatoms. The highest BCUT2D eigenvalue weighted by Crippen LogP contribution is 2.28. The first-order chi connectivity index (χ1) is 8.50. The quantitative estimate of drug-likeness (QED) is 0.635. The summed E-state index contributed by atoms with van der Waals surface area (Å²) in [7, 11) is 0. The maximum absolute atomic E-state index is 13.4. The van der Waals surface area contributed by atoms with Gasteiger partial charge >= 0.3 is 0 Å². The van der Waals surface area contributed by atoms with E-state index < -0.39 is 41.1 Å². The van der Waals surface area contributed by atoms with Gasteiger partial charge in [0.1, 0.15) is 5.69 Å². The maximum atomic E-state index is 13.4. The van der Waals surface area contributed by atoms with Gasteiger partial charge in [-0.3, -0.25) is 0 Å². The van der Waals surface area contributed by atoms with Gasteiger partial charge in [0.15, 0.2) is 23.3 Å². The molecule has 1 aliphatic carbocycles. The Kier molecular flexibility index (Phi) is 3.75. The molecule has 1 fully saturated rings. The molecule has 0 aliphatic heterocycles. The summed E-state index contributed by atoms with van der Waals surface area (Å²) in [6.07, 6.45) is 1.83. The van der Waals surface area contributed by atoms with Crippen LogP contribution < -0.4 is 5.32 Å². The summed E-state index contributed by atoms with van der Waals surface area (Å²) in [5.74, 6) is -5.85. The monoisotopic (exact) mass is 263 g/mol. The van der Waals surface area contributed by atoms with Crippen molar-refractivity contribution in [3.63, 3.8) is 0 Å². The Morgan fingerprint density at radius 2 is 1.56 bits per heavy atom. The van der Waals surface area contributed by atoms with E-state index in [0.717, 1.165) is 12.8 Å². The van der Waals surface area contributed by atoms with Gasteiger partial charge in [-0.15, -0.1) is 0 Å². The molecule has 1 aromatic carbocycles. The molecule has 100 valence electrons. The normalized spacial score (nSPS) is 24.1. The van der Waals surface area contributed by atoms with Crippen molar-refractivity contribution in [2.45, 2.75) is 37.8 Å². The summed E-state index contributed by atoms with van der Waals surface area (Å²) in [6, 6.07) is -0.434. The van der Waals surface area contributed by atoms with E-state index in [1.165, 1.54) is 0 Å². The number of hydrogen-bond donors (Lipinski definition) is 2. The molecule has 0 amide bonds. The first kappa shape index (κ1) is 13.1. The minimum Gasteiger partial charge on any atom is -0.391 e. The van der Waals surface area contributed by atoms with Gasteiger partial charge in [0.25, 0.3) is 0 Å². The van der Waals surface area contributed by atoms with Crippen molar-refractivity contribution in [1.29, 1.82) is 0 Å². The summed E-state index contributed by atoms with van der Waals surface area (Å²) in [5, 5.41) is 12.0. The molecule has 2 rings (SSSR count). The molecular formula is C12H13F4NO. The van der Waals surface area contributed by atoms with Crippen LogP contribution in [0.3, 0.4) is 0 Å². The molecule has 18 heavy (non-hydrogen) atoms. The van der Waals surface area contributed by atoms with Gasteiger partial charge in [0, 0.05) is 6.07 Å². The topological polar surface area (TPSA) is 32.3 Å². The SMILES string of the molecule is OC1CCCCC1Nc1c(F)c(F)cc(F)c1F. The Labute approximate surface area is 102 Å². The molecule has 0 spiro atoms. The highest BCUT2D eigenvalue weighted by molar-refractivity contribution is 5.48. The van der Waals surface area contributed by atoms with Crippen molar-refractivity contribution >= 4 is 5.69 Å². The van der Waals surface area contributed by atoms with Crippen molar-refractivity contribution in [2.75, 3.05) is 5.32 Å². The number of benzene rings is 1. The standard InChI is InChI=1S/C12H13F4NO/c13-6-5-7(14)11(16)12(10(6)15)17-8-3-1-2-4-9(8)18/h5,8-9,17-18H,1-4H2. The van der Waals surface area contributed by atoms with Crippen molar-refractivity contribution in [3.8, 4) is 0 Å². The predicted molar refractivity (Wildman–Crippen MR) is 58.2 cm³/mol. The number of hydrogen-bond acceptors (Lipinski definition) is 2. The van der Waals surface area contributed by atoms with Crippen LogP contribution in [0.1, 0.15) is 25.7 Å². The van der Waals surface area contributed by atoms with E-state index >= 15 is 0 Å². The number of rotatable bonds is 2. The molecule has 0 aromatic heterocycles. The van der Waals surface area contributed by atoms with Crippen LogP contribution in [0, 0.1) is 23.3 Å². The van der Waals surface area contributed by atoms with Crippen molar-refractivity contribution in [2.24, 2.45) is 0 Å². The van der Waals surface area contributed by atoms with E-state index in [-0.39, 0.29) is 6.07 Å². The average molecular weight is 263 g/mol. The largest absolute Gasteiger partial charge is 0.391 e. The molecule has 0 saturated heterocycles. The van der Waals surface area contributed by atoms with Gasteiger partial charge in [-0.25, -0.2) is 17.6 Å². The molecule has 2 N–H and O–H groups in total. The number of halogens is 4. The molecular weight excluding hydrogens is 250 g/mol. The lowest BCUT2D eigenvalue weighted by Crippen LogP contribution is -2.37. The summed E-state index contributed by atoms with van der Waals surface area (Å²) in [6.45, 7) is 0. The second-order valence-electron chi connectivity index (χ2n) is 4.45. The van der Waals surface area contributed by atoms with Gasteiger partial charge < -0.3 is 10.4 Å². The highest BCUT2D eigenvalue weighted by Gasteiger charge is 2.27. The fraction of sp³-hybridized carbons (Fsp3) is 0.500. The second-order valence-corrected chi connectivity index (χ2v) is 4.45. The smallest absolute Gasteiger partial charge is 0.185 e. The zero-order valence-corrected chi connectivity index (χ0v) is 9.52. The van der Waals surface area contributed by atoms with Gasteiger partial charge in [-0.1, -0.05) is 12.8 Å². The first-order valence-electron chi connectivity index (χ1n) is 5.78. The van der Waals surface area contributed by atoms with Crippen LogP contribution in [0.5, 0.6) is 0 Å². The van der Waals surface area contributed by atoms with Crippen molar-refractivity contribution < 1.29 is 22.7 Å². The summed E-state index contributed by atoms with van der Waals surface area (Å²) < 4.78 is 52.8. The van der Waals surface area contributed by atoms with E-state index in [2.05, 4.69) is 5.32 Å². The summed E-state index contributed by atoms with van der Waals surface area (Å²) in [4.78, 5) is 0. The third kappa shape index (κ3) is 2.43. The van der Waals surface area contributed by atoms with Crippen molar-refractivity contribution in [1.82, 2.24) is 0 Å². The fourth-order valence-corrected chi connectivity index (χ4v) is 2.16. The third-order valence-corrected chi connectivity index (χ3v) is 3.17. The van der Waals surface area contributed by atoms with Crippen LogP contribution >= 0.6 is 0 Å². The summed E-state index contributed by atoms with van der Waals surface area (Å²) >= 11 is 0. The van der Waals surface area contributed by atoms with Crippen LogP contribution in [0.25, 0.3) is 0 Å². The molecule has 1 saturated carbocycles. The Balaban J connectivity index is 2.28. The van der Waals surface area contributed by atoms with E-state index in [9.17, 15) is 22.7 Å². The average Bonchev–Trinajstić information content (AvgIpc) is 2.34. The zero-order valence-electron chi connectivity index (χ0n) is 9.52. The van der Waals surface area contributed by atoms with Crippen LogP contribution in [-0.4, -0.2) is 17.3 Å². The minimum atomic E-state index is -1.47. The number of aliphatic hydroxyl groups is 1. The molecule has 1 aliphatic rings. The van der Waals surface area contributed by atoms with Crippen LogP contribution in [0.15, 0.2) is 6.07 Å². The van der Waals surface area contributed by atoms with Gasteiger partial charge in [-0.05, 0) is 12.8 Å². The van der Waals surface area contributed by atoms with Gasteiger partial charge in [0.05, 0.1) is 12.1 Å². The Bertz CT molecular complexity index is 426. The summed E-state index contributed by atoms with van der Waals surface area (Å²) in [5.41, 5.74) is -0.849. The molecule has 2 unspecified atom stereocenters. The van der Waals surface area contributed by atoms with Crippen LogP contribution in [0.2, 0.25) is 0 Å².